The molecule has 0 aliphatic carbocycles. The van der Waals surface area contributed by atoms with Gasteiger partial charge in [0.25, 0.3) is 21.6 Å². The molecule has 1 amide bonds. The van der Waals surface area contributed by atoms with Gasteiger partial charge in [-0.2, -0.15) is 0 Å². The van der Waals surface area contributed by atoms with Crippen LogP contribution >= 0.6 is 23.2 Å². The lowest BCUT2D eigenvalue weighted by molar-refractivity contribution is -0.379. The second-order valence-corrected chi connectivity index (χ2v) is 8.79. The summed E-state index contributed by atoms with van der Waals surface area (Å²) >= 11 is 12.3. The first-order valence-corrected chi connectivity index (χ1v) is 10.8. The van der Waals surface area contributed by atoms with Gasteiger partial charge in [0, 0.05) is 27.9 Å². The first-order valence-electron chi connectivity index (χ1n) is 8.58. The summed E-state index contributed by atoms with van der Waals surface area (Å²) in [6.07, 6.45) is 0. The molecule has 3 aromatic carbocycles. The monoisotopic (exact) mass is 464 g/mol. The predicted octanol–water partition coefficient (Wildman–Crippen LogP) is 3.83. The van der Waals surface area contributed by atoms with E-state index in [0.717, 1.165) is 6.07 Å². The smallest absolute Gasteiger partial charge is 0.263 e. The lowest BCUT2D eigenvalue weighted by Crippen LogP contribution is -2.55. The second kappa shape index (κ2) is 8.83. The van der Waals surface area contributed by atoms with Crippen molar-refractivity contribution in [1.82, 2.24) is 0 Å². The Morgan fingerprint density at radius 1 is 0.967 bits per heavy atom. The molecule has 0 saturated carbocycles. The fourth-order valence-corrected chi connectivity index (χ4v) is 4.55. The van der Waals surface area contributed by atoms with Gasteiger partial charge in [0.15, 0.2) is 0 Å². The molecule has 0 heterocycles. The maximum atomic E-state index is 12.8. The number of carbonyl (C=O) groups excluding carboxylic acids is 1. The van der Waals surface area contributed by atoms with Crippen LogP contribution in [0.4, 0.5) is 17.1 Å². The summed E-state index contributed by atoms with van der Waals surface area (Å²) in [6.45, 7) is 1.74. The van der Waals surface area contributed by atoms with Crippen molar-refractivity contribution >= 4 is 56.2 Å². The number of hydrogen-bond acceptors (Lipinski definition) is 4. The zero-order valence-corrected chi connectivity index (χ0v) is 17.9. The molecule has 154 valence electrons. The molecule has 3 rings (SSSR count). The van der Waals surface area contributed by atoms with Crippen LogP contribution in [-0.4, -0.2) is 14.3 Å². The lowest BCUT2D eigenvalue weighted by atomic mass is 10.1. The summed E-state index contributed by atoms with van der Waals surface area (Å²) in [5.74, 6) is -0.654. The van der Waals surface area contributed by atoms with Gasteiger partial charge in [-0.15, -0.1) is 0 Å². The van der Waals surface area contributed by atoms with E-state index in [1.807, 2.05) is 0 Å². The third kappa shape index (κ3) is 4.79. The van der Waals surface area contributed by atoms with E-state index >= 15 is 0 Å². The van der Waals surface area contributed by atoms with E-state index in [1.165, 1.54) is 12.1 Å². The molecular formula is C20H16Cl2N3O4S+. The minimum atomic E-state index is -4.08. The Morgan fingerprint density at radius 2 is 1.67 bits per heavy atom. The maximum absolute atomic E-state index is 12.8. The number of amides is 1. The Labute approximate surface area is 183 Å². The molecule has 0 aliphatic rings. The number of para-hydroxylation sites is 1. The third-order valence-corrected chi connectivity index (χ3v) is 6.34. The largest absolute Gasteiger partial charge is 0.321 e. The van der Waals surface area contributed by atoms with Gasteiger partial charge in [-0.25, -0.2) is 8.42 Å². The summed E-state index contributed by atoms with van der Waals surface area (Å²) in [6, 6.07) is 15.2. The molecule has 0 aromatic heterocycles. The van der Waals surface area contributed by atoms with E-state index in [2.05, 4.69) is 10.0 Å². The molecule has 0 atom stereocenters. The molecule has 30 heavy (non-hydrogen) atoms. The molecule has 10 heteroatoms. The molecule has 7 nitrogen and oxygen atoms in total. The Kier molecular flexibility index (Phi) is 6.40. The minimum Gasteiger partial charge on any atom is -0.321 e. The Bertz CT molecular complexity index is 1230. The molecule has 0 bridgehead atoms. The van der Waals surface area contributed by atoms with Crippen molar-refractivity contribution < 1.29 is 18.4 Å². The van der Waals surface area contributed by atoms with Crippen molar-refractivity contribution in [3.63, 3.8) is 0 Å². The second-order valence-electron chi connectivity index (χ2n) is 6.32. The zero-order valence-electron chi connectivity index (χ0n) is 15.6. The van der Waals surface area contributed by atoms with E-state index in [9.17, 15) is 18.1 Å². The SMILES string of the molecule is Cc1ccc([NH+]=O)cc1NC(=O)c1cc(S(=O)(=O)Nc2ccccc2)c(Cl)cc1Cl. The molecule has 0 saturated heterocycles. The van der Waals surface area contributed by atoms with E-state index in [-0.39, 0.29) is 26.2 Å². The summed E-state index contributed by atoms with van der Waals surface area (Å²) in [7, 11) is -4.08. The van der Waals surface area contributed by atoms with Gasteiger partial charge in [-0.3, -0.25) is 9.52 Å². The molecule has 3 aromatic rings. The Balaban J connectivity index is 1.97. The van der Waals surface area contributed by atoms with Gasteiger partial charge >= 0.3 is 0 Å². The van der Waals surface area contributed by atoms with Crippen LogP contribution in [0.1, 0.15) is 15.9 Å². The lowest BCUT2D eigenvalue weighted by Gasteiger charge is -2.13. The summed E-state index contributed by atoms with van der Waals surface area (Å²) in [5, 5.41) is 4.22. The van der Waals surface area contributed by atoms with Crippen LogP contribution in [0.15, 0.2) is 65.6 Å². The van der Waals surface area contributed by atoms with Gasteiger partial charge in [-0.1, -0.05) is 47.5 Å². The van der Waals surface area contributed by atoms with Crippen LogP contribution in [0.2, 0.25) is 10.0 Å². The van der Waals surface area contributed by atoms with Crippen molar-refractivity contribution in [2.75, 3.05) is 10.0 Å². The van der Waals surface area contributed by atoms with E-state index < -0.39 is 15.9 Å². The molecular weight excluding hydrogens is 449 g/mol. The van der Waals surface area contributed by atoms with Gasteiger partial charge in [-0.05, 0) is 36.8 Å². The highest BCUT2D eigenvalue weighted by Crippen LogP contribution is 2.31. The highest BCUT2D eigenvalue weighted by atomic mass is 35.5. The number of halogens is 2. The number of sulfonamides is 1. The van der Waals surface area contributed by atoms with E-state index in [4.69, 9.17) is 23.2 Å². The zero-order chi connectivity index (χ0) is 21.9. The number of nitroso groups, excluding NO2 is 1. The summed E-state index contributed by atoms with van der Waals surface area (Å²) in [4.78, 5) is 23.4. The van der Waals surface area contributed by atoms with Crippen LogP contribution < -0.4 is 15.2 Å². The van der Waals surface area contributed by atoms with E-state index in [1.54, 1.807) is 54.6 Å². The Hall–Kier alpha value is -2.94. The van der Waals surface area contributed by atoms with Gasteiger partial charge in [0.2, 0.25) is 0 Å². The van der Waals surface area contributed by atoms with Crippen molar-refractivity contribution in [1.29, 1.82) is 0 Å². The van der Waals surface area contributed by atoms with Gasteiger partial charge in [0.05, 0.1) is 21.3 Å². The summed E-state index contributed by atoms with van der Waals surface area (Å²) in [5.41, 5.74) is 1.58. The maximum Gasteiger partial charge on any atom is 0.263 e. The quantitative estimate of drug-likeness (QED) is 0.515. The van der Waals surface area contributed by atoms with Gasteiger partial charge < -0.3 is 5.32 Å². The van der Waals surface area contributed by atoms with Crippen molar-refractivity contribution in [3.05, 3.63) is 86.7 Å². The van der Waals surface area contributed by atoms with Crippen molar-refractivity contribution in [3.8, 4) is 0 Å². The first kappa shape index (κ1) is 21.8. The number of benzene rings is 3. The topological polar surface area (TPSA) is 106 Å². The van der Waals surface area contributed by atoms with Crippen LogP contribution in [0.5, 0.6) is 0 Å². The van der Waals surface area contributed by atoms with Crippen LogP contribution in [0, 0.1) is 11.8 Å². The van der Waals surface area contributed by atoms with Crippen molar-refractivity contribution in [2.45, 2.75) is 11.8 Å². The molecule has 0 fully saturated rings. The fraction of sp³-hybridized carbons (Fsp3) is 0.0500. The van der Waals surface area contributed by atoms with Crippen LogP contribution in [0.3, 0.4) is 0 Å². The first-order chi connectivity index (χ1) is 14.2. The number of rotatable bonds is 6. The fourth-order valence-electron chi connectivity index (χ4n) is 2.64. The highest BCUT2D eigenvalue weighted by Gasteiger charge is 2.23. The summed E-state index contributed by atoms with van der Waals surface area (Å²) < 4.78 is 28.0. The number of hydrogen-bond donors (Lipinski definition) is 3. The van der Waals surface area contributed by atoms with Crippen LogP contribution in [-0.2, 0) is 10.0 Å². The van der Waals surface area contributed by atoms with Crippen LogP contribution in [0.25, 0.3) is 0 Å². The average Bonchev–Trinajstić information content (AvgIpc) is 2.69. The van der Waals surface area contributed by atoms with E-state index in [0.29, 0.717) is 16.9 Å². The number of aryl methyl sites for hydroxylation is 1. The molecule has 0 spiro atoms. The number of anilines is 2. The third-order valence-electron chi connectivity index (χ3n) is 4.19. The molecule has 0 aliphatic heterocycles. The standard InChI is InChI=1S/C20H15Cl2N3O4S/c1-12-7-8-14(24-27)9-18(12)23-20(26)15-10-19(17(22)11-16(15)21)30(28,29)25-13-5-3-2-4-6-13/h2-11,25H,1H3,(H,23,26)/p+1. The minimum absolute atomic E-state index is 0.0214. The van der Waals surface area contributed by atoms with Gasteiger partial charge in [0.1, 0.15) is 4.90 Å². The predicted molar refractivity (Wildman–Crippen MR) is 117 cm³/mol. The average molecular weight is 465 g/mol. The number of carbonyl (C=O) groups is 1. The number of nitrogens with one attached hydrogen (secondary N) is 3. The normalized spacial score (nSPS) is 11.0. The van der Waals surface area contributed by atoms with Crippen molar-refractivity contribution in [2.24, 2.45) is 0 Å². The Morgan fingerprint density at radius 3 is 2.33 bits per heavy atom. The highest BCUT2D eigenvalue weighted by molar-refractivity contribution is 7.92. The molecule has 3 N–H and O–H groups in total. The molecule has 0 unspecified atom stereocenters. The molecule has 0 radical (unpaired) electrons.